The molecule has 1 rings (SSSR count). The van der Waals surface area contributed by atoms with Crippen LogP contribution in [0.1, 0.15) is 38.8 Å². The third kappa shape index (κ3) is 5.45. The molecule has 0 heterocycles. The number of aryl methyl sites for hydroxylation is 2. The van der Waals surface area contributed by atoms with Gasteiger partial charge in [-0.15, -0.1) is 0 Å². The van der Waals surface area contributed by atoms with Crippen molar-refractivity contribution in [2.45, 2.75) is 47.6 Å². The molecule has 0 radical (unpaired) electrons. The first-order valence-corrected chi connectivity index (χ1v) is 10.3. The number of carbonyl (C=O) groups excluding carboxylic acids is 1. The zero-order valence-corrected chi connectivity index (χ0v) is 18.0. The number of benzene rings is 1. The second kappa shape index (κ2) is 8.86. The molecule has 6 nitrogen and oxygen atoms in total. The van der Waals surface area contributed by atoms with Crippen LogP contribution in [0.5, 0.6) is 0 Å². The minimum atomic E-state index is -3.80. The molecular weight excluding hydrogens is 350 g/mol. The van der Waals surface area contributed by atoms with Crippen LogP contribution in [0.4, 0.5) is 5.69 Å². The van der Waals surface area contributed by atoms with E-state index in [1.54, 1.807) is 6.07 Å². The summed E-state index contributed by atoms with van der Waals surface area (Å²) in [5.41, 5.74) is 2.27. The number of amides is 1. The molecule has 0 saturated carbocycles. The van der Waals surface area contributed by atoms with Gasteiger partial charge < -0.3 is 5.32 Å². The third-order valence-corrected chi connectivity index (χ3v) is 6.23. The molecule has 1 aromatic rings. The van der Waals surface area contributed by atoms with Gasteiger partial charge in [0.05, 0.1) is 5.69 Å². The number of nitrogens with zero attached hydrogens (tertiary/aromatic N) is 2. The van der Waals surface area contributed by atoms with Gasteiger partial charge in [-0.2, -0.15) is 12.7 Å². The van der Waals surface area contributed by atoms with E-state index in [1.165, 1.54) is 18.4 Å². The first-order valence-electron chi connectivity index (χ1n) is 8.94. The highest BCUT2D eigenvalue weighted by Gasteiger charge is 2.30. The quantitative estimate of drug-likeness (QED) is 0.750. The normalized spacial score (nSPS) is 12.3. The molecule has 0 aromatic heterocycles. The predicted molar refractivity (Wildman–Crippen MR) is 107 cm³/mol. The Hall–Kier alpha value is -1.60. The Kier molecular flexibility index (Phi) is 7.65. The minimum absolute atomic E-state index is 0.00924. The van der Waals surface area contributed by atoms with E-state index in [-0.39, 0.29) is 30.3 Å². The molecule has 0 atom stereocenters. The third-order valence-electron chi connectivity index (χ3n) is 4.42. The van der Waals surface area contributed by atoms with E-state index in [0.29, 0.717) is 5.69 Å². The molecule has 0 bridgehead atoms. The fourth-order valence-electron chi connectivity index (χ4n) is 2.94. The Labute approximate surface area is 158 Å². The number of hydrogen-bond donors (Lipinski definition) is 1. The molecule has 26 heavy (non-hydrogen) atoms. The first kappa shape index (κ1) is 22.4. The van der Waals surface area contributed by atoms with E-state index in [9.17, 15) is 13.2 Å². The maximum absolute atomic E-state index is 12.9. The summed E-state index contributed by atoms with van der Waals surface area (Å²) < 4.78 is 28.0. The van der Waals surface area contributed by atoms with Crippen molar-refractivity contribution in [3.8, 4) is 0 Å². The smallest absolute Gasteiger partial charge is 0.304 e. The van der Waals surface area contributed by atoms with Crippen LogP contribution in [0.25, 0.3) is 0 Å². The number of rotatable bonds is 8. The lowest BCUT2D eigenvalue weighted by Crippen LogP contribution is -2.50. The number of carbonyl (C=O) groups is 1. The van der Waals surface area contributed by atoms with Crippen LogP contribution in [0.2, 0.25) is 0 Å². The summed E-state index contributed by atoms with van der Waals surface area (Å²) in [6.07, 6.45) is 0. The fraction of sp³-hybridized carbons (Fsp3) is 0.632. The Morgan fingerprint density at radius 3 is 2.08 bits per heavy atom. The largest absolute Gasteiger partial charge is 0.351 e. The maximum Gasteiger partial charge on any atom is 0.304 e. The van der Waals surface area contributed by atoms with Crippen molar-refractivity contribution >= 4 is 21.8 Å². The van der Waals surface area contributed by atoms with Gasteiger partial charge in [0.15, 0.2) is 0 Å². The van der Waals surface area contributed by atoms with Crippen LogP contribution in [0.3, 0.4) is 0 Å². The van der Waals surface area contributed by atoms with Crippen molar-refractivity contribution in [1.29, 1.82) is 0 Å². The molecular formula is C19H33N3O3S. The zero-order valence-electron chi connectivity index (χ0n) is 17.2. The molecule has 0 fully saturated rings. The van der Waals surface area contributed by atoms with E-state index in [2.05, 4.69) is 5.32 Å². The van der Waals surface area contributed by atoms with Gasteiger partial charge >= 0.3 is 10.2 Å². The van der Waals surface area contributed by atoms with Gasteiger partial charge in [-0.05, 0) is 42.9 Å². The van der Waals surface area contributed by atoms with Gasteiger partial charge in [-0.1, -0.05) is 39.8 Å². The summed E-state index contributed by atoms with van der Waals surface area (Å²) in [4.78, 5) is 12.7. The topological polar surface area (TPSA) is 69.7 Å². The summed E-state index contributed by atoms with van der Waals surface area (Å²) in [6.45, 7) is 11.7. The second-order valence-electron chi connectivity index (χ2n) is 7.67. The Morgan fingerprint density at radius 1 is 1.08 bits per heavy atom. The Bertz CT molecular complexity index is 720. The van der Waals surface area contributed by atoms with E-state index in [0.717, 1.165) is 15.4 Å². The molecule has 0 saturated heterocycles. The molecule has 1 amide bonds. The fourth-order valence-corrected chi connectivity index (χ4v) is 4.06. The van der Waals surface area contributed by atoms with Crippen LogP contribution >= 0.6 is 0 Å². The molecule has 7 heteroatoms. The van der Waals surface area contributed by atoms with E-state index in [4.69, 9.17) is 0 Å². The average molecular weight is 384 g/mol. The highest BCUT2D eigenvalue weighted by atomic mass is 32.2. The van der Waals surface area contributed by atoms with Crippen molar-refractivity contribution in [1.82, 2.24) is 9.62 Å². The van der Waals surface area contributed by atoms with Crippen molar-refractivity contribution in [3.05, 3.63) is 29.3 Å². The van der Waals surface area contributed by atoms with Gasteiger partial charge in [0, 0.05) is 20.1 Å². The molecule has 1 N–H and O–H groups in total. The van der Waals surface area contributed by atoms with Gasteiger partial charge in [-0.3, -0.25) is 4.79 Å². The average Bonchev–Trinajstić information content (AvgIpc) is 2.51. The molecule has 0 spiro atoms. The van der Waals surface area contributed by atoms with Gasteiger partial charge in [-0.25, -0.2) is 4.31 Å². The summed E-state index contributed by atoms with van der Waals surface area (Å²) in [5.74, 6) is 0.223. The lowest BCUT2D eigenvalue weighted by atomic mass is 9.93. The Balaban J connectivity index is 3.23. The van der Waals surface area contributed by atoms with Crippen LogP contribution in [-0.2, 0) is 15.0 Å². The monoisotopic (exact) mass is 383 g/mol. The number of nitrogens with one attached hydrogen (secondary N) is 1. The standard InChI is InChI=1S/C19H33N3O3S/c1-13(2)19(14(3)4)20-18(23)12-22(26(24,25)21(7)8)17-11-15(5)9-10-16(17)6/h9-11,13-14,19H,12H2,1-8H3,(H,20,23). The van der Waals surface area contributed by atoms with Gasteiger partial charge in [0.25, 0.3) is 0 Å². The summed E-state index contributed by atoms with van der Waals surface area (Å²) >= 11 is 0. The van der Waals surface area contributed by atoms with E-state index < -0.39 is 10.2 Å². The second-order valence-corrected chi connectivity index (χ2v) is 9.73. The minimum Gasteiger partial charge on any atom is -0.351 e. The predicted octanol–water partition coefficient (Wildman–Crippen LogP) is 2.71. The Morgan fingerprint density at radius 2 is 1.62 bits per heavy atom. The van der Waals surface area contributed by atoms with Crippen LogP contribution < -0.4 is 9.62 Å². The highest BCUT2D eigenvalue weighted by Crippen LogP contribution is 2.25. The molecule has 1 aromatic carbocycles. The summed E-state index contributed by atoms with van der Waals surface area (Å²) in [5, 5.41) is 3.00. The van der Waals surface area contributed by atoms with Crippen molar-refractivity contribution in [3.63, 3.8) is 0 Å². The number of hydrogen-bond acceptors (Lipinski definition) is 3. The summed E-state index contributed by atoms with van der Waals surface area (Å²) in [6, 6.07) is 5.58. The number of anilines is 1. The molecule has 148 valence electrons. The van der Waals surface area contributed by atoms with Gasteiger partial charge in [0.1, 0.15) is 6.54 Å². The zero-order chi connectivity index (χ0) is 20.2. The van der Waals surface area contributed by atoms with Crippen molar-refractivity contribution in [2.24, 2.45) is 11.8 Å². The van der Waals surface area contributed by atoms with Crippen LogP contribution in [-0.4, -0.2) is 45.3 Å². The van der Waals surface area contributed by atoms with E-state index >= 15 is 0 Å². The van der Waals surface area contributed by atoms with Gasteiger partial charge in [0.2, 0.25) is 5.91 Å². The molecule has 0 aliphatic heterocycles. The molecule has 0 aliphatic rings. The first-order chi connectivity index (χ1) is 11.9. The summed E-state index contributed by atoms with van der Waals surface area (Å²) in [7, 11) is -0.860. The van der Waals surface area contributed by atoms with Crippen LogP contribution in [0, 0.1) is 25.7 Å². The highest BCUT2D eigenvalue weighted by molar-refractivity contribution is 7.90. The van der Waals surface area contributed by atoms with Crippen LogP contribution in [0.15, 0.2) is 18.2 Å². The molecule has 0 unspecified atom stereocenters. The van der Waals surface area contributed by atoms with E-state index in [1.807, 2.05) is 53.7 Å². The lowest BCUT2D eigenvalue weighted by Gasteiger charge is -2.31. The van der Waals surface area contributed by atoms with Crippen molar-refractivity contribution in [2.75, 3.05) is 24.9 Å². The molecule has 0 aliphatic carbocycles. The lowest BCUT2D eigenvalue weighted by molar-refractivity contribution is -0.121. The SMILES string of the molecule is Cc1ccc(C)c(N(CC(=O)NC(C(C)C)C(C)C)S(=O)(=O)N(C)C)c1. The van der Waals surface area contributed by atoms with Crippen molar-refractivity contribution < 1.29 is 13.2 Å². The maximum atomic E-state index is 12.9.